The van der Waals surface area contributed by atoms with E-state index in [1.165, 1.54) is 22.2 Å². The molecule has 0 aliphatic carbocycles. The summed E-state index contributed by atoms with van der Waals surface area (Å²) < 4.78 is 0. The molecule has 0 spiro atoms. The van der Waals surface area contributed by atoms with Gasteiger partial charge in [0.15, 0.2) is 0 Å². The van der Waals surface area contributed by atoms with Gasteiger partial charge in [-0.25, -0.2) is 0 Å². The van der Waals surface area contributed by atoms with Crippen molar-refractivity contribution in [3.63, 3.8) is 0 Å². The van der Waals surface area contributed by atoms with Gasteiger partial charge in [0, 0.05) is 41.8 Å². The number of benzene rings is 1. The number of nitrogens with zero attached hydrogens (tertiary/aromatic N) is 1. The van der Waals surface area contributed by atoms with Crippen molar-refractivity contribution < 1.29 is 0 Å². The summed E-state index contributed by atoms with van der Waals surface area (Å²) in [5, 5.41) is 1.30. The summed E-state index contributed by atoms with van der Waals surface area (Å²) in [5.74, 6) is 0. The molecule has 0 atom stereocenters. The minimum absolute atomic E-state index is 0.850. The van der Waals surface area contributed by atoms with Gasteiger partial charge in [0.2, 0.25) is 0 Å². The summed E-state index contributed by atoms with van der Waals surface area (Å²) in [7, 11) is 0. The summed E-state index contributed by atoms with van der Waals surface area (Å²) in [5.41, 5.74) is 10.8. The average Bonchev–Trinajstić information content (AvgIpc) is 2.66. The third kappa shape index (κ3) is 1.39. The Morgan fingerprint density at radius 1 is 1.44 bits per heavy atom. The second-order valence-corrected chi connectivity index (χ2v) is 4.51. The van der Waals surface area contributed by atoms with Crippen molar-refractivity contribution in [3.8, 4) is 0 Å². The van der Waals surface area contributed by atoms with Crippen LogP contribution in [0.15, 0.2) is 18.2 Å². The van der Waals surface area contributed by atoms with E-state index in [0.29, 0.717) is 0 Å². The number of rotatable bonds is 1. The smallest absolute Gasteiger partial charge is 0.0460 e. The van der Waals surface area contributed by atoms with Gasteiger partial charge >= 0.3 is 0 Å². The molecule has 2 aromatic rings. The third-order valence-electron chi connectivity index (χ3n) is 3.53. The zero-order chi connectivity index (χ0) is 11.1. The van der Waals surface area contributed by atoms with Crippen LogP contribution in [-0.4, -0.2) is 23.0 Å². The number of nitrogen functional groups attached to an aromatic ring is 1. The van der Waals surface area contributed by atoms with Crippen LogP contribution in [0.5, 0.6) is 0 Å². The monoisotopic (exact) mass is 215 g/mol. The van der Waals surface area contributed by atoms with Crippen molar-refractivity contribution in [3.05, 3.63) is 29.5 Å². The van der Waals surface area contributed by atoms with E-state index in [4.69, 9.17) is 5.73 Å². The molecule has 0 unspecified atom stereocenters. The van der Waals surface area contributed by atoms with Crippen molar-refractivity contribution in [2.24, 2.45) is 0 Å². The van der Waals surface area contributed by atoms with E-state index in [0.717, 1.165) is 31.7 Å². The molecular formula is C13H17N3. The topological polar surface area (TPSA) is 45.0 Å². The second-order valence-electron chi connectivity index (χ2n) is 4.51. The largest absolute Gasteiger partial charge is 0.399 e. The van der Waals surface area contributed by atoms with Crippen LogP contribution in [0.3, 0.4) is 0 Å². The fourth-order valence-corrected chi connectivity index (χ4v) is 2.56. The van der Waals surface area contributed by atoms with Crippen LogP contribution in [0.2, 0.25) is 0 Å². The second kappa shape index (κ2) is 3.52. The maximum atomic E-state index is 5.86. The summed E-state index contributed by atoms with van der Waals surface area (Å²) in [6.45, 7) is 5.55. The first-order valence-corrected chi connectivity index (χ1v) is 5.89. The molecule has 3 heteroatoms. The molecule has 1 aliphatic heterocycles. The molecule has 3 rings (SSSR count). The molecule has 0 bridgehead atoms. The molecule has 0 radical (unpaired) electrons. The van der Waals surface area contributed by atoms with Gasteiger partial charge in [-0.3, -0.25) is 4.90 Å². The third-order valence-corrected chi connectivity index (χ3v) is 3.53. The molecule has 84 valence electrons. The van der Waals surface area contributed by atoms with Gasteiger partial charge in [-0.05, 0) is 30.3 Å². The minimum atomic E-state index is 0.850. The Balaban J connectivity index is 2.15. The highest BCUT2D eigenvalue weighted by atomic mass is 15.1. The van der Waals surface area contributed by atoms with Crippen LogP contribution in [0, 0.1) is 0 Å². The molecule has 1 aliphatic rings. The lowest BCUT2D eigenvalue weighted by molar-refractivity contribution is 0.268. The number of H-pyrrole nitrogens is 1. The van der Waals surface area contributed by atoms with Crippen LogP contribution in [0.4, 0.5) is 5.69 Å². The number of aromatic nitrogens is 1. The van der Waals surface area contributed by atoms with E-state index in [-0.39, 0.29) is 0 Å². The van der Waals surface area contributed by atoms with Gasteiger partial charge in [-0.15, -0.1) is 0 Å². The summed E-state index contributed by atoms with van der Waals surface area (Å²) in [6.07, 6.45) is 1.12. The Morgan fingerprint density at radius 3 is 3.12 bits per heavy atom. The van der Waals surface area contributed by atoms with Crippen molar-refractivity contribution >= 4 is 16.6 Å². The summed E-state index contributed by atoms with van der Waals surface area (Å²) in [6, 6.07) is 6.13. The molecule has 0 amide bonds. The van der Waals surface area contributed by atoms with E-state index < -0.39 is 0 Å². The van der Waals surface area contributed by atoms with Crippen LogP contribution in [0.1, 0.15) is 18.2 Å². The number of hydrogen-bond donors (Lipinski definition) is 2. The summed E-state index contributed by atoms with van der Waals surface area (Å²) in [4.78, 5) is 5.98. The van der Waals surface area contributed by atoms with Crippen LogP contribution in [0.25, 0.3) is 10.9 Å². The van der Waals surface area contributed by atoms with Gasteiger partial charge in [-0.1, -0.05) is 6.92 Å². The lowest BCUT2D eigenvalue weighted by Crippen LogP contribution is -2.29. The van der Waals surface area contributed by atoms with Gasteiger partial charge < -0.3 is 10.7 Å². The normalized spacial score (nSPS) is 16.6. The van der Waals surface area contributed by atoms with Crippen LogP contribution < -0.4 is 5.73 Å². The first-order chi connectivity index (χ1) is 7.78. The highest BCUT2D eigenvalue weighted by molar-refractivity contribution is 5.87. The standard InChI is InChI=1S/C13H17N3/c1-2-16-6-5-13-11(8-16)10-7-9(14)3-4-12(10)15-13/h3-4,7,15H,2,5-6,8,14H2,1H3. The summed E-state index contributed by atoms with van der Waals surface area (Å²) >= 11 is 0. The average molecular weight is 215 g/mol. The van der Waals surface area contributed by atoms with Crippen molar-refractivity contribution in [1.29, 1.82) is 0 Å². The van der Waals surface area contributed by atoms with Crippen molar-refractivity contribution in [2.75, 3.05) is 18.8 Å². The zero-order valence-corrected chi connectivity index (χ0v) is 9.59. The van der Waals surface area contributed by atoms with Gasteiger partial charge in [0.05, 0.1) is 0 Å². The predicted molar refractivity (Wildman–Crippen MR) is 67.4 cm³/mol. The highest BCUT2D eigenvalue weighted by Gasteiger charge is 2.19. The molecule has 0 fully saturated rings. The lowest BCUT2D eigenvalue weighted by atomic mass is 10.0. The number of nitrogens with two attached hydrogens (primary N) is 1. The number of hydrogen-bond acceptors (Lipinski definition) is 2. The molecule has 2 heterocycles. The molecule has 3 N–H and O–H groups in total. The van der Waals surface area contributed by atoms with Gasteiger partial charge in [0.25, 0.3) is 0 Å². The van der Waals surface area contributed by atoms with E-state index in [1.54, 1.807) is 0 Å². The van der Waals surface area contributed by atoms with Crippen molar-refractivity contribution in [2.45, 2.75) is 19.9 Å². The number of aromatic amines is 1. The predicted octanol–water partition coefficient (Wildman–Crippen LogP) is 2.13. The van der Waals surface area contributed by atoms with Gasteiger partial charge in [-0.2, -0.15) is 0 Å². The quantitative estimate of drug-likeness (QED) is 0.716. The Hall–Kier alpha value is -1.48. The Morgan fingerprint density at radius 2 is 2.31 bits per heavy atom. The van der Waals surface area contributed by atoms with Crippen LogP contribution >= 0.6 is 0 Å². The van der Waals surface area contributed by atoms with E-state index in [9.17, 15) is 0 Å². The molecule has 1 aromatic carbocycles. The van der Waals surface area contributed by atoms with Crippen molar-refractivity contribution in [1.82, 2.24) is 9.88 Å². The van der Waals surface area contributed by atoms with Crippen LogP contribution in [-0.2, 0) is 13.0 Å². The molecule has 3 nitrogen and oxygen atoms in total. The first kappa shape index (κ1) is 9.73. The zero-order valence-electron chi connectivity index (χ0n) is 9.59. The molecule has 0 saturated carbocycles. The maximum Gasteiger partial charge on any atom is 0.0460 e. The number of likely N-dealkylation sites (N-methyl/N-ethyl adjacent to an activating group) is 1. The van der Waals surface area contributed by atoms with Gasteiger partial charge in [0.1, 0.15) is 0 Å². The fraction of sp³-hybridized carbons (Fsp3) is 0.385. The minimum Gasteiger partial charge on any atom is -0.399 e. The number of fused-ring (bicyclic) bond motifs is 3. The maximum absolute atomic E-state index is 5.86. The molecule has 1 aromatic heterocycles. The first-order valence-electron chi connectivity index (χ1n) is 5.89. The van der Waals surface area contributed by atoms with E-state index in [2.05, 4.69) is 28.9 Å². The lowest BCUT2D eigenvalue weighted by Gasteiger charge is -2.25. The molecule has 0 saturated heterocycles. The molecular weight excluding hydrogens is 198 g/mol. The Labute approximate surface area is 95.2 Å². The fourth-order valence-electron chi connectivity index (χ4n) is 2.56. The van der Waals surface area contributed by atoms with E-state index in [1.807, 2.05) is 6.07 Å². The highest BCUT2D eigenvalue weighted by Crippen LogP contribution is 2.28. The Kier molecular flexibility index (Phi) is 2.14. The van der Waals surface area contributed by atoms with E-state index >= 15 is 0 Å². The Bertz CT molecular complexity index is 527. The number of nitrogens with one attached hydrogen (secondary N) is 1. The molecule has 16 heavy (non-hydrogen) atoms. The number of anilines is 1. The SMILES string of the molecule is CCN1CCc2[nH]c3ccc(N)cc3c2C1.